The Hall–Kier alpha value is -1.28. The average Bonchev–Trinajstić information content (AvgIpc) is 3.38. The van der Waals surface area contributed by atoms with Crippen LogP contribution in [0.5, 0.6) is 0 Å². The molecule has 0 aromatic rings. The number of likely N-dealkylation sites (N-methyl/N-ethyl adjacent to an activating group) is 1. The summed E-state index contributed by atoms with van der Waals surface area (Å²) in [4.78, 5) is 23.4. The van der Waals surface area contributed by atoms with Crippen LogP contribution < -0.4 is 5.32 Å². The van der Waals surface area contributed by atoms with Crippen molar-refractivity contribution in [2.75, 3.05) is 40.9 Å². The van der Waals surface area contributed by atoms with Gasteiger partial charge in [0.15, 0.2) is 0 Å². The number of rotatable bonds is 62. The maximum Gasteiger partial charge on any atom is 0.472 e. The topological polar surface area (TPSA) is 105 Å². The quantitative estimate of drug-likeness (QED) is 0.0243. The third-order valence-electron chi connectivity index (χ3n) is 15.4. The Morgan fingerprint density at radius 3 is 1.09 bits per heavy atom. The third-order valence-corrected chi connectivity index (χ3v) is 16.4. The number of carbonyl (C=O) groups is 1. The Kier molecular flexibility index (Phi) is 57.4. The minimum atomic E-state index is -4.33. The van der Waals surface area contributed by atoms with Crippen LogP contribution in [-0.2, 0) is 18.4 Å². The van der Waals surface area contributed by atoms with Crippen LogP contribution in [0.2, 0.25) is 0 Å². The van der Waals surface area contributed by atoms with E-state index in [0.717, 1.165) is 51.4 Å². The van der Waals surface area contributed by atoms with Crippen molar-refractivity contribution in [1.82, 2.24) is 5.32 Å². The molecule has 0 saturated carbocycles. The Morgan fingerprint density at radius 1 is 0.447 bits per heavy atom. The van der Waals surface area contributed by atoms with Crippen LogP contribution in [0.25, 0.3) is 0 Å². The van der Waals surface area contributed by atoms with E-state index in [1.165, 1.54) is 257 Å². The predicted molar refractivity (Wildman–Crippen MR) is 332 cm³/mol. The summed E-state index contributed by atoms with van der Waals surface area (Å²) in [5, 5.41) is 14.1. The first-order valence-electron chi connectivity index (χ1n) is 33.4. The molecule has 3 unspecified atom stereocenters. The van der Waals surface area contributed by atoms with Crippen molar-refractivity contribution in [3.8, 4) is 0 Å². The number of hydrogen-bond donors (Lipinski definition) is 3. The number of hydrogen-bond acceptors (Lipinski definition) is 5. The lowest BCUT2D eigenvalue weighted by molar-refractivity contribution is -0.870. The van der Waals surface area contributed by atoms with Crippen LogP contribution in [0.4, 0.5) is 0 Å². The molecule has 3 atom stereocenters. The number of amides is 1. The minimum absolute atomic E-state index is 0.0743. The first-order valence-corrected chi connectivity index (χ1v) is 34.8. The monoisotopic (exact) mass is 1090 g/mol. The van der Waals surface area contributed by atoms with Crippen LogP contribution in [0.15, 0.2) is 36.5 Å². The molecular formula is C67H132N2O6P+. The number of nitrogens with one attached hydrogen (secondary N) is 1. The smallest absolute Gasteiger partial charge is 0.391 e. The molecule has 0 aliphatic heterocycles. The average molecular weight is 1090 g/mol. The summed E-state index contributed by atoms with van der Waals surface area (Å²) in [7, 11) is 1.62. The highest BCUT2D eigenvalue weighted by molar-refractivity contribution is 7.47. The largest absolute Gasteiger partial charge is 0.472 e. The Labute approximate surface area is 474 Å². The highest BCUT2D eigenvalue weighted by Gasteiger charge is 2.28. The Bertz CT molecular complexity index is 1330. The van der Waals surface area contributed by atoms with Gasteiger partial charge in [-0.2, -0.15) is 0 Å². The zero-order valence-corrected chi connectivity index (χ0v) is 52.4. The molecule has 1 amide bonds. The van der Waals surface area contributed by atoms with Gasteiger partial charge in [-0.3, -0.25) is 13.8 Å². The van der Waals surface area contributed by atoms with Crippen LogP contribution >= 0.6 is 7.82 Å². The van der Waals surface area contributed by atoms with Gasteiger partial charge in [0.2, 0.25) is 5.91 Å². The van der Waals surface area contributed by atoms with Gasteiger partial charge < -0.3 is 19.8 Å². The highest BCUT2D eigenvalue weighted by atomic mass is 31.2. The summed E-state index contributed by atoms with van der Waals surface area (Å²) in [6, 6.07) is -0.765. The van der Waals surface area contributed by atoms with Crippen LogP contribution in [-0.4, -0.2) is 73.4 Å². The van der Waals surface area contributed by atoms with Crippen LogP contribution in [0.1, 0.15) is 335 Å². The standard InChI is InChI=1S/C67H131N2O6P/c1-6-8-10-12-14-16-18-20-22-24-26-28-30-32-33-34-35-37-38-40-42-44-46-48-50-52-54-56-58-60-66(70)65(64-75-76(72,73)74-63-62-69(3,4)5)68-67(71)61-59-57-55-53-51-49-47-45-43-41-39-36-31-29-27-25-23-21-19-17-15-13-11-9-7-2/h19,21,25,27,31,36,65-66,70H,6-18,20,22-24,26,28-30,32-35,37-64H2,1-5H3,(H-,68,71,72,73)/p+1/b21-19-,27-25-,36-31-. The van der Waals surface area contributed by atoms with Crippen molar-refractivity contribution in [3.63, 3.8) is 0 Å². The van der Waals surface area contributed by atoms with Gasteiger partial charge in [-0.15, -0.1) is 0 Å². The van der Waals surface area contributed by atoms with Gasteiger partial charge in [-0.05, 0) is 51.4 Å². The molecule has 9 heteroatoms. The second kappa shape index (κ2) is 58.4. The van der Waals surface area contributed by atoms with Crippen molar-refractivity contribution < 1.29 is 32.9 Å². The van der Waals surface area contributed by atoms with E-state index in [1.807, 2.05) is 21.1 Å². The molecule has 0 rings (SSSR count). The summed E-state index contributed by atoms with van der Waals surface area (Å²) in [6.45, 7) is 4.92. The lowest BCUT2D eigenvalue weighted by Crippen LogP contribution is -2.46. The molecular weight excluding hydrogens is 960 g/mol. The summed E-state index contributed by atoms with van der Waals surface area (Å²) in [5.41, 5.74) is 0. The number of phosphoric acid groups is 1. The lowest BCUT2D eigenvalue weighted by atomic mass is 10.0. The molecule has 0 spiro atoms. The van der Waals surface area contributed by atoms with E-state index in [9.17, 15) is 19.4 Å². The van der Waals surface area contributed by atoms with Gasteiger partial charge in [-0.1, -0.05) is 314 Å². The Morgan fingerprint density at radius 2 is 0.750 bits per heavy atom. The summed E-state index contributed by atoms with van der Waals surface area (Å²) in [5.74, 6) is -0.144. The molecule has 0 aliphatic rings. The molecule has 0 aliphatic carbocycles. The van der Waals surface area contributed by atoms with E-state index in [-0.39, 0.29) is 19.1 Å². The molecule has 0 radical (unpaired) electrons. The number of unbranched alkanes of at least 4 members (excludes halogenated alkanes) is 43. The fourth-order valence-electron chi connectivity index (χ4n) is 10.2. The molecule has 0 saturated heterocycles. The molecule has 8 nitrogen and oxygen atoms in total. The minimum Gasteiger partial charge on any atom is -0.391 e. The first-order chi connectivity index (χ1) is 37.0. The number of aliphatic hydroxyl groups excluding tert-OH is 1. The SMILES string of the molecule is CCCCCCC/C=C\C/C=C\C/C=C\CCCCCCCCCCCCC(=O)NC(COP(=O)(O)OCC[N+](C)(C)C)C(O)CCCCCCCCCCCCCCCCCCCCCCCCCCCCCCC. The van der Waals surface area contributed by atoms with Gasteiger partial charge in [0.25, 0.3) is 0 Å². The maximum absolute atomic E-state index is 13.1. The molecule has 0 bridgehead atoms. The van der Waals surface area contributed by atoms with Crippen molar-refractivity contribution in [2.24, 2.45) is 0 Å². The van der Waals surface area contributed by atoms with Gasteiger partial charge >= 0.3 is 7.82 Å². The van der Waals surface area contributed by atoms with Crippen molar-refractivity contribution in [3.05, 3.63) is 36.5 Å². The van der Waals surface area contributed by atoms with E-state index in [4.69, 9.17) is 9.05 Å². The molecule has 3 N–H and O–H groups in total. The number of carbonyl (C=O) groups excluding carboxylic acids is 1. The van der Waals surface area contributed by atoms with Gasteiger partial charge in [0, 0.05) is 6.42 Å². The fourth-order valence-corrected chi connectivity index (χ4v) is 10.9. The van der Waals surface area contributed by atoms with Gasteiger partial charge in [-0.25, -0.2) is 4.57 Å². The summed E-state index contributed by atoms with van der Waals surface area (Å²) < 4.78 is 23.9. The Balaban J connectivity index is 4.07. The van der Waals surface area contributed by atoms with E-state index in [0.29, 0.717) is 23.9 Å². The zero-order chi connectivity index (χ0) is 55.6. The highest BCUT2D eigenvalue weighted by Crippen LogP contribution is 2.43. The third kappa shape index (κ3) is 60.4. The van der Waals surface area contributed by atoms with Gasteiger partial charge in [0.05, 0.1) is 39.9 Å². The van der Waals surface area contributed by atoms with E-state index < -0.39 is 20.0 Å². The lowest BCUT2D eigenvalue weighted by Gasteiger charge is -2.26. The van der Waals surface area contributed by atoms with E-state index in [2.05, 4.69) is 55.6 Å². The molecule has 0 heterocycles. The van der Waals surface area contributed by atoms with Crippen LogP contribution in [0.3, 0.4) is 0 Å². The van der Waals surface area contributed by atoms with E-state index >= 15 is 0 Å². The molecule has 76 heavy (non-hydrogen) atoms. The first kappa shape index (κ1) is 74.7. The number of phosphoric ester groups is 1. The van der Waals surface area contributed by atoms with Crippen molar-refractivity contribution >= 4 is 13.7 Å². The summed E-state index contributed by atoms with van der Waals surface area (Å²) in [6.07, 6.45) is 76.6. The molecule has 0 aromatic carbocycles. The van der Waals surface area contributed by atoms with Crippen LogP contribution in [0, 0.1) is 0 Å². The number of aliphatic hydroxyl groups is 1. The summed E-state index contributed by atoms with van der Waals surface area (Å²) >= 11 is 0. The molecule has 450 valence electrons. The number of allylic oxidation sites excluding steroid dienone is 6. The predicted octanol–water partition coefficient (Wildman–Crippen LogP) is 20.9. The van der Waals surface area contributed by atoms with Crippen molar-refractivity contribution in [2.45, 2.75) is 347 Å². The van der Waals surface area contributed by atoms with Crippen molar-refractivity contribution in [1.29, 1.82) is 0 Å². The molecule has 0 fully saturated rings. The number of nitrogens with zero attached hydrogens (tertiary/aromatic N) is 1. The second-order valence-electron chi connectivity index (χ2n) is 24.2. The molecule has 0 aromatic heterocycles. The normalized spacial score (nSPS) is 13.9. The zero-order valence-electron chi connectivity index (χ0n) is 51.5. The maximum atomic E-state index is 13.1. The fraction of sp³-hybridized carbons (Fsp3) is 0.896. The van der Waals surface area contributed by atoms with Gasteiger partial charge in [0.1, 0.15) is 13.2 Å². The second-order valence-corrected chi connectivity index (χ2v) is 25.7. The van der Waals surface area contributed by atoms with E-state index in [1.54, 1.807) is 0 Å². The number of quaternary nitrogens is 1.